The number of sulfone groups is 2. The fourth-order valence-electron chi connectivity index (χ4n) is 1.35. The standard InChI is InChI=1S/C10H11O5S2/c1-7-4-9(16(2,12)13)10(17(3,14)15)5-8(7)6-11/h4-5H,1-3H3. The zero-order valence-corrected chi connectivity index (χ0v) is 11.1. The van der Waals surface area contributed by atoms with Crippen molar-refractivity contribution in [1.82, 2.24) is 0 Å². The first-order valence-electron chi connectivity index (χ1n) is 4.50. The Kier molecular flexibility index (Phi) is 3.45. The van der Waals surface area contributed by atoms with Crippen molar-refractivity contribution < 1.29 is 21.6 Å². The summed E-state index contributed by atoms with van der Waals surface area (Å²) in [5.74, 6) is 0. The average Bonchev–Trinajstić information content (AvgIpc) is 2.14. The Morgan fingerprint density at radius 1 is 0.941 bits per heavy atom. The van der Waals surface area contributed by atoms with Gasteiger partial charge in [0.2, 0.25) is 6.29 Å². The van der Waals surface area contributed by atoms with E-state index in [0.717, 1.165) is 18.6 Å². The van der Waals surface area contributed by atoms with Crippen LogP contribution in [0.3, 0.4) is 0 Å². The molecule has 0 bridgehead atoms. The van der Waals surface area contributed by atoms with E-state index in [0.29, 0.717) is 5.56 Å². The molecule has 93 valence electrons. The normalized spacial score (nSPS) is 12.4. The predicted octanol–water partition coefficient (Wildman–Crippen LogP) is 0.260. The van der Waals surface area contributed by atoms with E-state index in [-0.39, 0.29) is 15.4 Å². The van der Waals surface area contributed by atoms with Crippen LogP contribution >= 0.6 is 0 Å². The molecule has 1 radical (unpaired) electrons. The Morgan fingerprint density at radius 3 is 1.71 bits per heavy atom. The average molecular weight is 275 g/mol. The number of carbonyl (C=O) groups excluding carboxylic acids is 1. The number of aryl methyl sites for hydroxylation is 1. The lowest BCUT2D eigenvalue weighted by Crippen LogP contribution is -2.09. The summed E-state index contributed by atoms with van der Waals surface area (Å²) in [4.78, 5) is 9.93. The van der Waals surface area contributed by atoms with Gasteiger partial charge < -0.3 is 0 Å². The molecule has 17 heavy (non-hydrogen) atoms. The second kappa shape index (κ2) is 4.23. The largest absolute Gasteiger partial charge is 0.285 e. The van der Waals surface area contributed by atoms with Gasteiger partial charge in [-0.1, -0.05) is 0 Å². The highest BCUT2D eigenvalue weighted by Crippen LogP contribution is 2.24. The van der Waals surface area contributed by atoms with E-state index >= 15 is 0 Å². The van der Waals surface area contributed by atoms with Crippen molar-refractivity contribution in [1.29, 1.82) is 0 Å². The van der Waals surface area contributed by atoms with Crippen LogP contribution in [0, 0.1) is 6.92 Å². The van der Waals surface area contributed by atoms with E-state index in [1.165, 1.54) is 13.0 Å². The molecule has 0 N–H and O–H groups in total. The molecule has 1 rings (SSSR count). The number of benzene rings is 1. The highest BCUT2D eigenvalue weighted by atomic mass is 32.2. The molecule has 0 aromatic heterocycles. The predicted molar refractivity (Wildman–Crippen MR) is 62.2 cm³/mol. The smallest absolute Gasteiger partial charge is 0.233 e. The van der Waals surface area contributed by atoms with Crippen LogP contribution < -0.4 is 0 Å². The summed E-state index contributed by atoms with van der Waals surface area (Å²) in [6, 6.07) is 2.21. The summed E-state index contributed by atoms with van der Waals surface area (Å²) in [7, 11) is -7.40. The van der Waals surface area contributed by atoms with Crippen LogP contribution in [0.4, 0.5) is 0 Å². The quantitative estimate of drug-likeness (QED) is 0.790. The van der Waals surface area contributed by atoms with E-state index in [2.05, 4.69) is 0 Å². The number of rotatable bonds is 3. The molecule has 0 amide bonds. The minimum atomic E-state index is -3.72. The van der Waals surface area contributed by atoms with E-state index in [4.69, 9.17) is 0 Å². The van der Waals surface area contributed by atoms with E-state index < -0.39 is 19.7 Å². The summed E-state index contributed by atoms with van der Waals surface area (Å²) in [5, 5.41) is 0. The molecule has 7 heteroatoms. The molecular weight excluding hydrogens is 264 g/mol. The molecule has 0 aliphatic rings. The third-order valence-corrected chi connectivity index (χ3v) is 4.60. The zero-order chi connectivity index (χ0) is 13.4. The molecule has 0 saturated carbocycles. The fraction of sp³-hybridized carbons (Fsp3) is 0.300. The summed E-state index contributed by atoms with van der Waals surface area (Å²) < 4.78 is 45.9. The van der Waals surface area contributed by atoms with Crippen LogP contribution in [-0.4, -0.2) is 35.6 Å². The van der Waals surface area contributed by atoms with Crippen molar-refractivity contribution in [2.75, 3.05) is 12.5 Å². The van der Waals surface area contributed by atoms with Crippen molar-refractivity contribution >= 4 is 26.0 Å². The first kappa shape index (κ1) is 13.9. The molecule has 0 unspecified atom stereocenters. The molecular formula is C10H11O5S2. The summed E-state index contributed by atoms with van der Waals surface area (Å²) in [6.45, 7) is 1.51. The molecule has 0 heterocycles. The molecule has 0 aliphatic heterocycles. The van der Waals surface area contributed by atoms with Gasteiger partial charge in [0.15, 0.2) is 19.7 Å². The van der Waals surface area contributed by atoms with Crippen LogP contribution in [0.5, 0.6) is 0 Å². The Balaban J connectivity index is 3.85. The van der Waals surface area contributed by atoms with Crippen LogP contribution in [0.25, 0.3) is 0 Å². The number of hydrogen-bond acceptors (Lipinski definition) is 5. The topological polar surface area (TPSA) is 85.3 Å². The molecule has 1 aromatic carbocycles. The Hall–Kier alpha value is -1.21. The van der Waals surface area contributed by atoms with Crippen molar-refractivity contribution in [2.24, 2.45) is 0 Å². The summed E-state index contributed by atoms with van der Waals surface area (Å²) in [6.07, 6.45) is 3.38. The molecule has 0 spiro atoms. The maximum Gasteiger partial charge on any atom is 0.233 e. The summed E-state index contributed by atoms with van der Waals surface area (Å²) >= 11 is 0. The Labute approximate surface area is 100 Å². The van der Waals surface area contributed by atoms with Crippen LogP contribution in [0.1, 0.15) is 11.1 Å². The minimum absolute atomic E-state index is 0.0397. The monoisotopic (exact) mass is 275 g/mol. The van der Waals surface area contributed by atoms with Crippen LogP contribution in [0.2, 0.25) is 0 Å². The zero-order valence-electron chi connectivity index (χ0n) is 9.51. The minimum Gasteiger partial charge on any atom is -0.285 e. The first-order valence-corrected chi connectivity index (χ1v) is 8.28. The molecule has 0 fully saturated rings. The van der Waals surface area contributed by atoms with Gasteiger partial charge in [-0.2, -0.15) is 0 Å². The van der Waals surface area contributed by atoms with Crippen LogP contribution in [-0.2, 0) is 24.5 Å². The van der Waals surface area contributed by atoms with Gasteiger partial charge in [-0.25, -0.2) is 16.8 Å². The van der Waals surface area contributed by atoms with Gasteiger partial charge in [0.1, 0.15) is 0 Å². The van der Waals surface area contributed by atoms with Crippen molar-refractivity contribution in [2.45, 2.75) is 16.7 Å². The third-order valence-electron chi connectivity index (χ3n) is 2.20. The fourth-order valence-corrected chi connectivity index (χ4v) is 3.83. The molecule has 0 atom stereocenters. The Morgan fingerprint density at radius 2 is 1.35 bits per heavy atom. The lowest BCUT2D eigenvalue weighted by molar-refractivity contribution is 0.562. The molecule has 5 nitrogen and oxygen atoms in total. The maximum absolute atomic E-state index is 11.5. The summed E-state index contributed by atoms with van der Waals surface area (Å²) in [5.41, 5.74) is 0.408. The van der Waals surface area contributed by atoms with Gasteiger partial charge in [-0.3, -0.25) is 4.79 Å². The van der Waals surface area contributed by atoms with Gasteiger partial charge in [0.25, 0.3) is 0 Å². The highest BCUT2D eigenvalue weighted by Gasteiger charge is 2.22. The van der Waals surface area contributed by atoms with Gasteiger partial charge >= 0.3 is 0 Å². The third kappa shape index (κ3) is 2.92. The highest BCUT2D eigenvalue weighted by molar-refractivity contribution is 7.93. The van der Waals surface area contributed by atoms with Crippen molar-refractivity contribution in [3.63, 3.8) is 0 Å². The molecule has 0 aliphatic carbocycles. The second-order valence-corrected chi connectivity index (χ2v) is 7.73. The SMILES string of the molecule is Cc1cc(S(C)(=O)=O)c(S(C)(=O)=O)cc1[C]=O. The first-order chi connectivity index (χ1) is 7.57. The van der Waals surface area contributed by atoms with Gasteiger partial charge in [0.05, 0.1) is 9.79 Å². The Bertz CT molecular complexity index is 669. The molecule has 0 saturated heterocycles. The van der Waals surface area contributed by atoms with Crippen molar-refractivity contribution in [3.8, 4) is 0 Å². The van der Waals surface area contributed by atoms with Gasteiger partial charge in [-0.15, -0.1) is 0 Å². The van der Waals surface area contributed by atoms with E-state index in [1.807, 2.05) is 0 Å². The number of hydrogen-bond donors (Lipinski definition) is 0. The lowest BCUT2D eigenvalue weighted by Gasteiger charge is -2.08. The maximum atomic E-state index is 11.5. The van der Waals surface area contributed by atoms with Crippen LogP contribution in [0.15, 0.2) is 21.9 Å². The lowest BCUT2D eigenvalue weighted by atomic mass is 10.1. The molecule has 1 aromatic rings. The second-order valence-electron chi connectivity index (χ2n) is 3.76. The van der Waals surface area contributed by atoms with Gasteiger partial charge in [-0.05, 0) is 24.6 Å². The van der Waals surface area contributed by atoms with E-state index in [9.17, 15) is 21.6 Å². The van der Waals surface area contributed by atoms with Crippen molar-refractivity contribution in [3.05, 3.63) is 23.3 Å². The van der Waals surface area contributed by atoms with Gasteiger partial charge in [0, 0.05) is 18.1 Å². The van der Waals surface area contributed by atoms with E-state index in [1.54, 1.807) is 6.29 Å².